The molecule has 1 rings (SSSR count). The van der Waals surface area contributed by atoms with Gasteiger partial charge in [0, 0.05) is 29.7 Å². The Balaban J connectivity index is 2.76. The third-order valence-electron chi connectivity index (χ3n) is 2.71. The maximum Gasteiger partial charge on any atom is 0.260 e. The third kappa shape index (κ3) is 3.99. The molecule has 100 valence electrons. The quantitative estimate of drug-likeness (QED) is 0.907. The summed E-state index contributed by atoms with van der Waals surface area (Å²) in [6.07, 6.45) is 0. The Bertz CT molecular complexity index is 421. The Kier molecular flexibility index (Phi) is 5.62. The van der Waals surface area contributed by atoms with Crippen LogP contribution in [0.3, 0.4) is 0 Å². The molecule has 0 aromatic heterocycles. The molecule has 1 amide bonds. The predicted molar refractivity (Wildman–Crippen MR) is 75.6 cm³/mol. The van der Waals surface area contributed by atoms with Crippen molar-refractivity contribution in [2.75, 3.05) is 20.2 Å². The Morgan fingerprint density at radius 1 is 1.56 bits per heavy atom. The average Bonchev–Trinajstić information content (AvgIpc) is 2.35. The second-order valence-electron chi connectivity index (χ2n) is 4.17. The van der Waals surface area contributed by atoms with Gasteiger partial charge in [0.25, 0.3) is 5.91 Å². The van der Waals surface area contributed by atoms with E-state index in [1.165, 1.54) is 0 Å². The fourth-order valence-electron chi connectivity index (χ4n) is 1.43. The lowest BCUT2D eigenvalue weighted by Gasteiger charge is -2.17. The lowest BCUT2D eigenvalue weighted by Crippen LogP contribution is -2.31. The van der Waals surface area contributed by atoms with Crippen LogP contribution in [0.4, 0.5) is 0 Å². The minimum Gasteiger partial charge on any atom is -0.483 e. The van der Waals surface area contributed by atoms with E-state index in [0.29, 0.717) is 12.3 Å². The van der Waals surface area contributed by atoms with Gasteiger partial charge >= 0.3 is 0 Å². The number of ether oxygens (including phenoxy) is 1. The Morgan fingerprint density at radius 3 is 2.78 bits per heavy atom. The number of carbonyl (C=O) groups is 1. The van der Waals surface area contributed by atoms with Crippen molar-refractivity contribution >= 4 is 21.8 Å². The molecule has 1 aromatic carbocycles. The molecular weight excluding hydrogens is 296 g/mol. The summed E-state index contributed by atoms with van der Waals surface area (Å²) in [7, 11) is 1.75. The van der Waals surface area contributed by atoms with Crippen LogP contribution in [0.15, 0.2) is 22.7 Å². The molecule has 0 spiro atoms. The minimum atomic E-state index is -0.142. The van der Waals surface area contributed by atoms with Gasteiger partial charge in [-0.15, -0.1) is 0 Å². The van der Waals surface area contributed by atoms with Crippen molar-refractivity contribution in [3.8, 4) is 5.75 Å². The van der Waals surface area contributed by atoms with Crippen molar-refractivity contribution in [1.82, 2.24) is 4.90 Å². The number of rotatable bonds is 5. The monoisotopic (exact) mass is 314 g/mol. The second kappa shape index (κ2) is 6.75. The number of likely N-dealkylation sites (N-methyl/N-ethyl adjacent to an activating group) is 1. The van der Waals surface area contributed by atoms with E-state index in [4.69, 9.17) is 10.5 Å². The lowest BCUT2D eigenvalue weighted by molar-refractivity contribution is -0.131. The van der Waals surface area contributed by atoms with Crippen LogP contribution in [0, 0.1) is 0 Å². The SMILES string of the molecule is CCN(C)C(=O)COc1ccc(Br)cc1[C@@H](C)N. The van der Waals surface area contributed by atoms with Crippen LogP contribution < -0.4 is 10.5 Å². The summed E-state index contributed by atoms with van der Waals surface area (Å²) in [5, 5.41) is 0. The van der Waals surface area contributed by atoms with Gasteiger partial charge in [-0.05, 0) is 32.0 Å². The molecule has 0 aliphatic carbocycles. The van der Waals surface area contributed by atoms with Crippen LogP contribution >= 0.6 is 15.9 Å². The number of hydrogen-bond acceptors (Lipinski definition) is 3. The van der Waals surface area contributed by atoms with Gasteiger partial charge in [-0.25, -0.2) is 0 Å². The standard InChI is InChI=1S/C13H19BrN2O2/c1-4-16(3)13(17)8-18-12-6-5-10(14)7-11(12)9(2)15/h5-7,9H,4,8,15H2,1-3H3/t9-/m1/s1. The summed E-state index contributed by atoms with van der Waals surface area (Å²) >= 11 is 3.39. The first kappa shape index (κ1) is 15.0. The molecule has 0 radical (unpaired) electrons. The van der Waals surface area contributed by atoms with Gasteiger partial charge in [0.2, 0.25) is 0 Å². The zero-order valence-corrected chi connectivity index (χ0v) is 12.5. The van der Waals surface area contributed by atoms with Gasteiger partial charge in [0.1, 0.15) is 5.75 Å². The first-order valence-electron chi connectivity index (χ1n) is 5.87. The van der Waals surface area contributed by atoms with E-state index < -0.39 is 0 Å². The average molecular weight is 315 g/mol. The van der Waals surface area contributed by atoms with Gasteiger partial charge in [0.15, 0.2) is 6.61 Å². The Labute approximate surface area is 116 Å². The first-order valence-corrected chi connectivity index (χ1v) is 6.66. The molecule has 0 fully saturated rings. The second-order valence-corrected chi connectivity index (χ2v) is 5.08. The molecule has 5 heteroatoms. The van der Waals surface area contributed by atoms with Crippen molar-refractivity contribution in [2.45, 2.75) is 19.9 Å². The maximum atomic E-state index is 11.7. The van der Waals surface area contributed by atoms with E-state index >= 15 is 0 Å². The van der Waals surface area contributed by atoms with Crippen molar-refractivity contribution in [1.29, 1.82) is 0 Å². The summed E-state index contributed by atoms with van der Waals surface area (Å²) < 4.78 is 6.49. The molecule has 1 aromatic rings. The van der Waals surface area contributed by atoms with Crippen molar-refractivity contribution < 1.29 is 9.53 Å². The fourth-order valence-corrected chi connectivity index (χ4v) is 1.81. The molecular formula is C13H19BrN2O2. The molecule has 0 bridgehead atoms. The molecule has 0 aliphatic heterocycles. The van der Waals surface area contributed by atoms with Gasteiger partial charge in [0.05, 0.1) is 0 Å². The van der Waals surface area contributed by atoms with Crippen LogP contribution in [0.2, 0.25) is 0 Å². The third-order valence-corrected chi connectivity index (χ3v) is 3.21. The largest absolute Gasteiger partial charge is 0.483 e. The van der Waals surface area contributed by atoms with E-state index in [1.54, 1.807) is 11.9 Å². The highest BCUT2D eigenvalue weighted by molar-refractivity contribution is 9.10. The Morgan fingerprint density at radius 2 is 2.22 bits per heavy atom. The molecule has 2 N–H and O–H groups in total. The van der Waals surface area contributed by atoms with E-state index in [9.17, 15) is 4.79 Å². The number of hydrogen-bond donors (Lipinski definition) is 1. The van der Waals surface area contributed by atoms with Crippen LogP contribution in [0.25, 0.3) is 0 Å². The van der Waals surface area contributed by atoms with Crippen LogP contribution in [0.5, 0.6) is 5.75 Å². The highest BCUT2D eigenvalue weighted by atomic mass is 79.9. The molecule has 0 saturated carbocycles. The first-order chi connectivity index (χ1) is 8.45. The van der Waals surface area contributed by atoms with E-state index in [-0.39, 0.29) is 18.6 Å². The summed E-state index contributed by atoms with van der Waals surface area (Å²) in [6, 6.07) is 5.46. The molecule has 0 unspecified atom stereocenters. The summed E-state index contributed by atoms with van der Waals surface area (Å²) in [6.45, 7) is 4.51. The molecule has 4 nitrogen and oxygen atoms in total. The fraction of sp³-hybridized carbons (Fsp3) is 0.462. The van der Waals surface area contributed by atoms with E-state index in [0.717, 1.165) is 10.0 Å². The minimum absolute atomic E-state index is 0.0334. The van der Waals surface area contributed by atoms with Gasteiger partial charge in [-0.1, -0.05) is 15.9 Å². The number of amides is 1. The predicted octanol–water partition coefficient (Wildman–Crippen LogP) is 2.33. The molecule has 18 heavy (non-hydrogen) atoms. The zero-order chi connectivity index (χ0) is 13.7. The smallest absolute Gasteiger partial charge is 0.260 e. The number of halogens is 1. The number of carbonyl (C=O) groups excluding carboxylic acids is 1. The van der Waals surface area contributed by atoms with Crippen LogP contribution in [-0.4, -0.2) is 31.0 Å². The van der Waals surface area contributed by atoms with Crippen LogP contribution in [-0.2, 0) is 4.79 Å². The number of benzene rings is 1. The normalized spacial score (nSPS) is 12.1. The summed E-state index contributed by atoms with van der Waals surface area (Å²) in [4.78, 5) is 13.3. The van der Waals surface area contributed by atoms with Crippen molar-refractivity contribution in [3.63, 3.8) is 0 Å². The van der Waals surface area contributed by atoms with E-state index in [2.05, 4.69) is 15.9 Å². The van der Waals surface area contributed by atoms with Gasteiger partial charge in [-0.3, -0.25) is 4.79 Å². The maximum absolute atomic E-state index is 11.7. The van der Waals surface area contributed by atoms with E-state index in [1.807, 2.05) is 32.0 Å². The topological polar surface area (TPSA) is 55.6 Å². The Hall–Kier alpha value is -1.07. The van der Waals surface area contributed by atoms with Crippen molar-refractivity contribution in [2.24, 2.45) is 5.73 Å². The highest BCUT2D eigenvalue weighted by Gasteiger charge is 2.12. The van der Waals surface area contributed by atoms with Crippen molar-refractivity contribution in [3.05, 3.63) is 28.2 Å². The van der Waals surface area contributed by atoms with Gasteiger partial charge in [-0.2, -0.15) is 0 Å². The number of nitrogens with zero attached hydrogens (tertiary/aromatic N) is 1. The summed E-state index contributed by atoms with van der Waals surface area (Å²) in [5.74, 6) is 0.613. The van der Waals surface area contributed by atoms with Crippen LogP contribution in [0.1, 0.15) is 25.5 Å². The molecule has 0 saturated heterocycles. The molecule has 0 heterocycles. The van der Waals surface area contributed by atoms with Gasteiger partial charge < -0.3 is 15.4 Å². The highest BCUT2D eigenvalue weighted by Crippen LogP contribution is 2.27. The lowest BCUT2D eigenvalue weighted by atomic mass is 10.1. The molecule has 0 aliphatic rings. The number of nitrogens with two attached hydrogens (primary N) is 1. The zero-order valence-electron chi connectivity index (χ0n) is 10.9. The summed E-state index contributed by atoms with van der Waals surface area (Å²) in [5.41, 5.74) is 6.77. The molecule has 1 atom stereocenters.